The van der Waals surface area contributed by atoms with Crippen molar-refractivity contribution in [3.05, 3.63) is 30.1 Å². The lowest BCUT2D eigenvalue weighted by Crippen LogP contribution is -2.69. The van der Waals surface area contributed by atoms with Gasteiger partial charge in [-0.3, -0.25) is 4.98 Å². The lowest BCUT2D eigenvalue weighted by atomic mass is 9.79. The van der Waals surface area contributed by atoms with Crippen LogP contribution >= 0.6 is 0 Å². The van der Waals surface area contributed by atoms with E-state index in [1.54, 1.807) is 6.20 Å². The summed E-state index contributed by atoms with van der Waals surface area (Å²) >= 11 is 0. The van der Waals surface area contributed by atoms with Gasteiger partial charge in [0.25, 0.3) is 0 Å². The van der Waals surface area contributed by atoms with Gasteiger partial charge in [0.1, 0.15) is 18.8 Å². The van der Waals surface area contributed by atoms with E-state index in [0.29, 0.717) is 12.3 Å². The summed E-state index contributed by atoms with van der Waals surface area (Å²) in [5, 5.41) is 12.4. The SMILES string of the molecule is O[C@]1(c2ccccn2)[C@@H]2OC3(CCCCC3)O[C@@H]2CO[C@]12COC1(CCCCC1)O2. The van der Waals surface area contributed by atoms with Crippen molar-refractivity contribution in [2.24, 2.45) is 0 Å². The Hall–Kier alpha value is -1.09. The highest BCUT2D eigenvalue weighted by molar-refractivity contribution is 5.25. The van der Waals surface area contributed by atoms with Crippen LogP contribution in [-0.2, 0) is 29.3 Å². The van der Waals surface area contributed by atoms with E-state index >= 15 is 0 Å². The van der Waals surface area contributed by atoms with Crippen LogP contribution in [0.25, 0.3) is 0 Å². The Kier molecular flexibility index (Phi) is 4.54. The molecule has 0 unspecified atom stereocenters. The number of nitrogens with zero attached hydrogens (tertiary/aromatic N) is 1. The molecular weight excluding hydrogens is 386 g/mol. The van der Waals surface area contributed by atoms with Crippen molar-refractivity contribution in [2.45, 2.75) is 99.4 Å². The molecule has 4 heterocycles. The standard InChI is InChI=1S/C23H31NO6/c25-23(18-9-3-8-14-24-18)19-17(28-21(29-19)12-6-2-7-13-21)15-26-22(23)16-27-20(30-22)10-4-1-5-11-20/h3,8-9,14,17,19,25H,1-2,4-7,10-13,15-16H2/t17-,19-,22+,23-/m1/s1. The fourth-order valence-corrected chi connectivity index (χ4v) is 6.13. The van der Waals surface area contributed by atoms with Crippen LogP contribution in [0.1, 0.15) is 69.9 Å². The van der Waals surface area contributed by atoms with Crippen molar-refractivity contribution in [3.8, 4) is 0 Å². The van der Waals surface area contributed by atoms with Gasteiger partial charge in [0.15, 0.2) is 17.2 Å². The molecule has 1 aromatic rings. The van der Waals surface area contributed by atoms with E-state index < -0.39 is 29.1 Å². The van der Waals surface area contributed by atoms with Gasteiger partial charge in [0, 0.05) is 31.9 Å². The predicted molar refractivity (Wildman–Crippen MR) is 105 cm³/mol. The maximum Gasteiger partial charge on any atom is 0.233 e. The van der Waals surface area contributed by atoms with E-state index in [-0.39, 0.29) is 12.7 Å². The molecule has 7 heteroatoms. The van der Waals surface area contributed by atoms with Crippen molar-refractivity contribution in [1.29, 1.82) is 0 Å². The van der Waals surface area contributed by atoms with E-state index in [4.69, 9.17) is 23.7 Å². The van der Waals surface area contributed by atoms with Crippen LogP contribution in [0.5, 0.6) is 0 Å². The maximum atomic E-state index is 12.4. The summed E-state index contributed by atoms with van der Waals surface area (Å²) < 4.78 is 32.2. The Balaban J connectivity index is 1.41. The molecule has 6 rings (SSSR count). The molecule has 1 N–H and O–H groups in total. The van der Waals surface area contributed by atoms with Gasteiger partial charge in [-0.2, -0.15) is 0 Å². The average Bonchev–Trinajstić information content (AvgIpc) is 3.33. The molecule has 5 fully saturated rings. The van der Waals surface area contributed by atoms with Crippen LogP contribution in [0.4, 0.5) is 0 Å². The molecule has 3 spiro atoms. The summed E-state index contributed by atoms with van der Waals surface area (Å²) in [6, 6.07) is 5.53. The van der Waals surface area contributed by atoms with Gasteiger partial charge in [-0.05, 0) is 37.8 Å². The number of aromatic nitrogens is 1. The maximum absolute atomic E-state index is 12.4. The lowest BCUT2D eigenvalue weighted by Gasteiger charge is -2.50. The Morgan fingerprint density at radius 1 is 0.867 bits per heavy atom. The van der Waals surface area contributed by atoms with Crippen LogP contribution in [-0.4, -0.2) is 52.9 Å². The van der Waals surface area contributed by atoms with Crippen LogP contribution in [0.3, 0.4) is 0 Å². The molecule has 1 aromatic heterocycles. The monoisotopic (exact) mass is 417 g/mol. The third kappa shape index (κ3) is 2.76. The molecule has 4 atom stereocenters. The van der Waals surface area contributed by atoms with Crippen LogP contribution in [0, 0.1) is 0 Å². The van der Waals surface area contributed by atoms with Crippen LogP contribution in [0.15, 0.2) is 24.4 Å². The molecule has 3 saturated heterocycles. The number of aliphatic hydroxyl groups is 1. The molecular formula is C23H31NO6. The van der Waals surface area contributed by atoms with E-state index in [1.807, 2.05) is 18.2 Å². The smallest absolute Gasteiger partial charge is 0.233 e. The van der Waals surface area contributed by atoms with Gasteiger partial charge >= 0.3 is 0 Å². The molecule has 0 radical (unpaired) electrons. The summed E-state index contributed by atoms with van der Waals surface area (Å²) in [5.74, 6) is -2.70. The molecule has 164 valence electrons. The van der Waals surface area contributed by atoms with Crippen molar-refractivity contribution in [2.75, 3.05) is 13.2 Å². The van der Waals surface area contributed by atoms with E-state index in [2.05, 4.69) is 4.98 Å². The molecule has 0 aromatic carbocycles. The molecule has 0 amide bonds. The molecule has 2 saturated carbocycles. The number of ether oxygens (including phenoxy) is 5. The van der Waals surface area contributed by atoms with Crippen LogP contribution < -0.4 is 0 Å². The van der Waals surface area contributed by atoms with Gasteiger partial charge in [0.05, 0.1) is 12.3 Å². The first-order valence-corrected chi connectivity index (χ1v) is 11.6. The van der Waals surface area contributed by atoms with Crippen molar-refractivity contribution >= 4 is 0 Å². The second-order valence-electron chi connectivity index (χ2n) is 9.57. The van der Waals surface area contributed by atoms with E-state index in [0.717, 1.165) is 51.4 Å². The third-order valence-electron chi connectivity index (χ3n) is 7.68. The summed E-state index contributed by atoms with van der Waals surface area (Å²) in [6.45, 7) is 0.459. The first-order chi connectivity index (χ1) is 14.6. The second kappa shape index (κ2) is 6.95. The molecule has 0 bridgehead atoms. The van der Waals surface area contributed by atoms with Crippen molar-refractivity contribution in [1.82, 2.24) is 4.98 Å². The zero-order valence-corrected chi connectivity index (χ0v) is 17.4. The Labute approximate surface area is 177 Å². The normalized spacial score (nSPS) is 42.0. The highest BCUT2D eigenvalue weighted by atomic mass is 16.9. The molecule has 30 heavy (non-hydrogen) atoms. The highest BCUT2D eigenvalue weighted by Gasteiger charge is 2.73. The highest BCUT2D eigenvalue weighted by Crippen LogP contribution is 2.57. The van der Waals surface area contributed by atoms with Crippen molar-refractivity contribution in [3.63, 3.8) is 0 Å². The Morgan fingerprint density at radius 3 is 2.30 bits per heavy atom. The van der Waals surface area contributed by atoms with Gasteiger partial charge in [-0.1, -0.05) is 18.9 Å². The quantitative estimate of drug-likeness (QED) is 0.752. The average molecular weight is 418 g/mol. The zero-order chi connectivity index (χ0) is 20.3. The van der Waals surface area contributed by atoms with E-state index in [9.17, 15) is 5.11 Å². The van der Waals surface area contributed by atoms with Gasteiger partial charge in [-0.15, -0.1) is 0 Å². The summed E-state index contributed by atoms with van der Waals surface area (Å²) in [4.78, 5) is 4.52. The van der Waals surface area contributed by atoms with Gasteiger partial charge in [-0.25, -0.2) is 0 Å². The number of pyridine rings is 1. The molecule has 3 aliphatic heterocycles. The molecule has 7 nitrogen and oxygen atoms in total. The van der Waals surface area contributed by atoms with E-state index in [1.165, 1.54) is 12.8 Å². The van der Waals surface area contributed by atoms with Crippen molar-refractivity contribution < 1.29 is 28.8 Å². The summed E-state index contributed by atoms with van der Waals surface area (Å²) in [6.07, 6.45) is 10.6. The number of hydrogen-bond donors (Lipinski definition) is 1. The zero-order valence-electron chi connectivity index (χ0n) is 17.4. The Morgan fingerprint density at radius 2 is 1.60 bits per heavy atom. The molecule has 2 aliphatic carbocycles. The first-order valence-electron chi connectivity index (χ1n) is 11.6. The summed E-state index contributed by atoms with van der Waals surface area (Å²) in [7, 11) is 0. The topological polar surface area (TPSA) is 79.3 Å². The minimum absolute atomic E-state index is 0.152. The Bertz CT molecular complexity index is 765. The predicted octanol–water partition coefficient (Wildman–Crippen LogP) is 3.15. The minimum atomic E-state index is -1.63. The fourth-order valence-electron chi connectivity index (χ4n) is 6.13. The second-order valence-corrected chi connectivity index (χ2v) is 9.57. The van der Waals surface area contributed by atoms with Gasteiger partial charge < -0.3 is 28.8 Å². The van der Waals surface area contributed by atoms with Gasteiger partial charge in [0.2, 0.25) is 5.79 Å². The number of rotatable bonds is 1. The fraction of sp³-hybridized carbons (Fsp3) is 0.783. The van der Waals surface area contributed by atoms with Crippen LogP contribution in [0.2, 0.25) is 0 Å². The first kappa shape index (κ1) is 19.6. The number of hydrogen-bond acceptors (Lipinski definition) is 7. The largest absolute Gasteiger partial charge is 0.376 e. The third-order valence-corrected chi connectivity index (χ3v) is 7.68. The molecule has 5 aliphatic rings. The summed E-state index contributed by atoms with van der Waals surface area (Å²) in [5.41, 5.74) is -1.15. The number of fused-ring (bicyclic) bond motifs is 1. The minimum Gasteiger partial charge on any atom is -0.376 e. The lowest BCUT2D eigenvalue weighted by molar-refractivity contribution is -0.380.